The molecule has 3 aromatic rings. The number of nitrogens with one attached hydrogen (secondary N) is 1. The number of fused-ring (bicyclic) bond motifs is 1. The number of amides is 2. The second-order valence-electron chi connectivity index (χ2n) is 8.72. The van der Waals surface area contributed by atoms with Gasteiger partial charge in [0.05, 0.1) is 27.6 Å². The van der Waals surface area contributed by atoms with Gasteiger partial charge in [0.25, 0.3) is 5.91 Å². The largest absolute Gasteiger partial charge is 0.338 e. The first-order chi connectivity index (χ1) is 15.4. The Morgan fingerprint density at radius 2 is 2.03 bits per heavy atom. The van der Waals surface area contributed by atoms with E-state index in [-0.39, 0.29) is 17.7 Å². The first-order valence-corrected chi connectivity index (χ1v) is 11.3. The van der Waals surface area contributed by atoms with Crippen molar-refractivity contribution in [2.75, 3.05) is 18.4 Å². The Balaban J connectivity index is 1.39. The van der Waals surface area contributed by atoms with E-state index in [1.165, 1.54) is 6.20 Å². The fourth-order valence-electron chi connectivity index (χ4n) is 4.45. The third kappa shape index (κ3) is 3.95. The van der Waals surface area contributed by atoms with Crippen LogP contribution in [0, 0.1) is 12.8 Å². The highest BCUT2D eigenvalue weighted by Crippen LogP contribution is 2.40. The van der Waals surface area contributed by atoms with Crippen LogP contribution in [0.1, 0.15) is 53.3 Å². The van der Waals surface area contributed by atoms with Gasteiger partial charge in [0.2, 0.25) is 5.91 Å². The van der Waals surface area contributed by atoms with Crippen molar-refractivity contribution in [3.8, 4) is 0 Å². The first kappa shape index (κ1) is 20.9. The Morgan fingerprint density at radius 3 is 2.75 bits per heavy atom. The average molecular weight is 453 g/mol. The number of piperidine rings is 1. The third-order valence-corrected chi connectivity index (χ3v) is 6.50. The minimum atomic E-state index is -0.291. The molecule has 2 fully saturated rings. The monoisotopic (exact) mass is 452 g/mol. The number of pyridine rings is 2. The van der Waals surface area contributed by atoms with Crippen LogP contribution in [-0.2, 0) is 11.8 Å². The Morgan fingerprint density at radius 1 is 1.22 bits per heavy atom. The smallest absolute Gasteiger partial charge is 0.254 e. The predicted octanol–water partition coefficient (Wildman–Crippen LogP) is 3.69. The van der Waals surface area contributed by atoms with Crippen LogP contribution in [0.5, 0.6) is 0 Å². The Kier molecular flexibility index (Phi) is 5.33. The highest BCUT2D eigenvalue weighted by molar-refractivity contribution is 6.30. The summed E-state index contributed by atoms with van der Waals surface area (Å²) in [5, 5.41) is 8.66. The molecule has 2 aliphatic rings. The first-order valence-electron chi connectivity index (χ1n) is 11.0. The van der Waals surface area contributed by atoms with Crippen molar-refractivity contribution in [1.29, 1.82) is 0 Å². The number of anilines is 1. The topological polar surface area (TPSA) is 93.0 Å². The summed E-state index contributed by atoms with van der Waals surface area (Å²) >= 11 is 5.87. The lowest BCUT2D eigenvalue weighted by molar-refractivity contribution is -0.121. The molecule has 1 saturated carbocycles. The molecule has 1 atom stereocenters. The molecule has 5 rings (SSSR count). The van der Waals surface area contributed by atoms with Gasteiger partial charge in [-0.15, -0.1) is 0 Å². The van der Waals surface area contributed by atoms with E-state index in [0.29, 0.717) is 35.4 Å². The molecule has 8 nitrogen and oxygen atoms in total. The summed E-state index contributed by atoms with van der Waals surface area (Å²) in [7, 11) is 1.86. The molecular weight excluding hydrogens is 428 g/mol. The fourth-order valence-corrected chi connectivity index (χ4v) is 4.56. The van der Waals surface area contributed by atoms with Crippen LogP contribution in [0.4, 0.5) is 5.82 Å². The zero-order chi connectivity index (χ0) is 22.4. The Bertz CT molecular complexity index is 1200. The molecule has 1 saturated heterocycles. The zero-order valence-corrected chi connectivity index (χ0v) is 18.9. The molecule has 0 bridgehead atoms. The van der Waals surface area contributed by atoms with Crippen molar-refractivity contribution in [3.05, 3.63) is 46.4 Å². The molecule has 1 N–H and O–H groups in total. The molecule has 1 unspecified atom stereocenters. The lowest BCUT2D eigenvalue weighted by Crippen LogP contribution is -2.44. The minimum Gasteiger partial charge on any atom is -0.338 e. The van der Waals surface area contributed by atoms with E-state index in [1.807, 2.05) is 20.0 Å². The van der Waals surface area contributed by atoms with E-state index in [2.05, 4.69) is 15.4 Å². The van der Waals surface area contributed by atoms with Gasteiger partial charge in [-0.25, -0.2) is 9.97 Å². The summed E-state index contributed by atoms with van der Waals surface area (Å²) in [6.07, 6.45) is 5.21. The van der Waals surface area contributed by atoms with Crippen molar-refractivity contribution in [2.24, 2.45) is 13.0 Å². The molecule has 1 aliphatic carbocycles. The van der Waals surface area contributed by atoms with Gasteiger partial charge in [-0.2, -0.15) is 5.10 Å². The standard InChI is InChI=1S/C23H25ClN6O2/c1-13-20-17(10-18(14-5-6-14)26-21(20)29(2)28-13)23(32)30-9-3-4-15(12-30)22(31)27-19-8-7-16(24)11-25-19/h7-8,10-11,14-15H,3-6,9,12H2,1-2H3,(H,25,27,31). The van der Waals surface area contributed by atoms with Crippen molar-refractivity contribution < 1.29 is 9.59 Å². The van der Waals surface area contributed by atoms with Crippen LogP contribution in [0.15, 0.2) is 24.4 Å². The summed E-state index contributed by atoms with van der Waals surface area (Å²) in [6.45, 7) is 2.91. The molecule has 166 valence electrons. The van der Waals surface area contributed by atoms with E-state index < -0.39 is 0 Å². The summed E-state index contributed by atoms with van der Waals surface area (Å²) in [5.41, 5.74) is 3.14. The van der Waals surface area contributed by atoms with E-state index in [4.69, 9.17) is 16.6 Å². The van der Waals surface area contributed by atoms with Crippen LogP contribution < -0.4 is 5.32 Å². The number of halogens is 1. The molecule has 0 aromatic carbocycles. The third-order valence-electron chi connectivity index (χ3n) is 6.27. The summed E-state index contributed by atoms with van der Waals surface area (Å²) in [5.74, 6) is 0.401. The normalized spacial score (nSPS) is 18.7. The highest BCUT2D eigenvalue weighted by Gasteiger charge is 2.33. The van der Waals surface area contributed by atoms with Crippen LogP contribution in [0.25, 0.3) is 11.0 Å². The van der Waals surface area contributed by atoms with Gasteiger partial charge < -0.3 is 10.2 Å². The van der Waals surface area contributed by atoms with Crippen LogP contribution in [0.3, 0.4) is 0 Å². The van der Waals surface area contributed by atoms with E-state index in [0.717, 1.165) is 48.1 Å². The van der Waals surface area contributed by atoms with Gasteiger partial charge in [-0.1, -0.05) is 11.6 Å². The Labute approximate surface area is 191 Å². The minimum absolute atomic E-state index is 0.0579. The average Bonchev–Trinajstić information content (AvgIpc) is 3.60. The van der Waals surface area contributed by atoms with E-state index >= 15 is 0 Å². The van der Waals surface area contributed by atoms with Crippen LogP contribution in [0.2, 0.25) is 5.02 Å². The molecule has 0 spiro atoms. The maximum absolute atomic E-state index is 13.6. The van der Waals surface area contributed by atoms with Crippen LogP contribution >= 0.6 is 11.6 Å². The summed E-state index contributed by atoms with van der Waals surface area (Å²) in [6, 6.07) is 5.30. The van der Waals surface area contributed by atoms with Crippen molar-refractivity contribution >= 4 is 40.3 Å². The number of hydrogen-bond donors (Lipinski definition) is 1. The summed E-state index contributed by atoms with van der Waals surface area (Å²) < 4.78 is 1.75. The second kappa shape index (κ2) is 8.16. The number of nitrogens with zero attached hydrogens (tertiary/aromatic N) is 5. The predicted molar refractivity (Wildman–Crippen MR) is 122 cm³/mol. The van der Waals surface area contributed by atoms with Gasteiger partial charge in [0.15, 0.2) is 5.65 Å². The van der Waals surface area contributed by atoms with Gasteiger partial charge >= 0.3 is 0 Å². The molecule has 4 heterocycles. The second-order valence-corrected chi connectivity index (χ2v) is 9.15. The molecular formula is C23H25ClN6O2. The van der Waals surface area contributed by atoms with E-state index in [9.17, 15) is 9.59 Å². The van der Waals surface area contributed by atoms with Gasteiger partial charge in [-0.05, 0) is 50.8 Å². The number of aromatic nitrogens is 4. The number of likely N-dealkylation sites (tertiary alicyclic amines) is 1. The number of aryl methyl sites for hydroxylation is 2. The number of rotatable bonds is 4. The molecule has 32 heavy (non-hydrogen) atoms. The lowest BCUT2D eigenvalue weighted by Gasteiger charge is -2.32. The van der Waals surface area contributed by atoms with Crippen LogP contribution in [-0.4, -0.2) is 49.6 Å². The molecule has 1 aliphatic heterocycles. The zero-order valence-electron chi connectivity index (χ0n) is 18.1. The molecule has 9 heteroatoms. The maximum Gasteiger partial charge on any atom is 0.254 e. The van der Waals surface area contributed by atoms with Gasteiger partial charge in [0, 0.05) is 37.9 Å². The Hall–Kier alpha value is -3.00. The maximum atomic E-state index is 13.6. The number of carbonyl (C=O) groups is 2. The fraction of sp³-hybridized carbons (Fsp3) is 0.435. The van der Waals surface area contributed by atoms with Crippen molar-refractivity contribution in [3.63, 3.8) is 0 Å². The number of hydrogen-bond acceptors (Lipinski definition) is 5. The molecule has 3 aromatic heterocycles. The van der Waals surface area contributed by atoms with E-state index in [1.54, 1.807) is 21.7 Å². The van der Waals surface area contributed by atoms with Gasteiger partial charge in [0.1, 0.15) is 5.82 Å². The van der Waals surface area contributed by atoms with Gasteiger partial charge in [-0.3, -0.25) is 14.3 Å². The quantitative estimate of drug-likeness (QED) is 0.651. The molecule has 2 amide bonds. The SMILES string of the molecule is Cc1nn(C)c2nc(C3CC3)cc(C(=O)N3CCCC(C(=O)Nc4ccc(Cl)cn4)C3)c12. The summed E-state index contributed by atoms with van der Waals surface area (Å²) in [4.78, 5) is 37.2. The molecule has 0 radical (unpaired) electrons. The van der Waals surface area contributed by atoms with Crippen molar-refractivity contribution in [2.45, 2.75) is 38.5 Å². The lowest BCUT2D eigenvalue weighted by atomic mass is 9.96. The highest BCUT2D eigenvalue weighted by atomic mass is 35.5. The number of carbonyl (C=O) groups excluding carboxylic acids is 2. The van der Waals surface area contributed by atoms with Crippen molar-refractivity contribution in [1.82, 2.24) is 24.6 Å².